The molecule has 4 aliphatic rings. The molecule has 0 amide bonds. The molecule has 0 spiro atoms. The van der Waals surface area contributed by atoms with E-state index in [1.165, 1.54) is 6.26 Å². The van der Waals surface area contributed by atoms with Crippen LogP contribution in [0.3, 0.4) is 0 Å². The molecule has 156 valence electrons. The lowest BCUT2D eigenvalue weighted by Gasteiger charge is -2.46. The summed E-state index contributed by atoms with van der Waals surface area (Å²) in [5.41, 5.74) is 0. The van der Waals surface area contributed by atoms with E-state index in [0.717, 1.165) is 19.3 Å². The largest absolute Gasteiger partial charge is 0.373 e. The van der Waals surface area contributed by atoms with Gasteiger partial charge in [0, 0.05) is 12.6 Å². The molecule has 2 aliphatic carbocycles. The van der Waals surface area contributed by atoms with Crippen molar-refractivity contribution >= 4 is 19.9 Å². The molecule has 4 fully saturated rings. The van der Waals surface area contributed by atoms with E-state index in [1.807, 2.05) is 0 Å². The number of rotatable bonds is 3. The topological polar surface area (TPSA) is 90.0 Å². The summed E-state index contributed by atoms with van der Waals surface area (Å²) >= 11 is 0. The van der Waals surface area contributed by atoms with Crippen LogP contribution in [-0.2, 0) is 29.3 Å². The quantitative estimate of drug-likeness (QED) is 0.683. The van der Waals surface area contributed by atoms with E-state index in [9.17, 15) is 16.8 Å². The molecule has 6 atom stereocenters. The SMILES string of the molecule is CS(=O)(=O)N1CCCC2CC(S(=O)(=O)C3CCC4OCCOC4C3)CCC21. The van der Waals surface area contributed by atoms with E-state index in [4.69, 9.17) is 9.47 Å². The highest BCUT2D eigenvalue weighted by Crippen LogP contribution is 2.41. The normalized spacial score (nSPS) is 41.5. The molecule has 27 heavy (non-hydrogen) atoms. The lowest BCUT2D eigenvalue weighted by molar-refractivity contribution is -0.153. The number of hydrogen-bond donors (Lipinski definition) is 0. The van der Waals surface area contributed by atoms with Gasteiger partial charge in [-0.3, -0.25) is 0 Å². The summed E-state index contributed by atoms with van der Waals surface area (Å²) in [5.74, 6) is 0.160. The Bertz CT molecular complexity index is 752. The molecule has 4 rings (SSSR count). The standard InChI is InChI=1S/C18H31NO6S2/c1-26(20,21)19-8-2-3-13-11-14(4-6-16(13)19)27(22,23)15-5-7-17-18(12-15)25-10-9-24-17/h13-18H,2-12H2,1H3. The molecule has 9 heteroatoms. The van der Waals surface area contributed by atoms with Crippen molar-refractivity contribution in [1.82, 2.24) is 4.31 Å². The van der Waals surface area contributed by atoms with E-state index in [0.29, 0.717) is 51.9 Å². The number of sulfone groups is 1. The molecule has 7 nitrogen and oxygen atoms in total. The van der Waals surface area contributed by atoms with Crippen molar-refractivity contribution < 1.29 is 26.3 Å². The molecule has 2 saturated heterocycles. The van der Waals surface area contributed by atoms with Gasteiger partial charge in [0.05, 0.1) is 42.2 Å². The minimum Gasteiger partial charge on any atom is -0.373 e. The molecule has 2 aliphatic heterocycles. The fraction of sp³-hybridized carbons (Fsp3) is 1.00. The fourth-order valence-electron chi connectivity index (χ4n) is 5.68. The molecule has 2 heterocycles. The highest BCUT2D eigenvalue weighted by molar-refractivity contribution is 7.92. The highest BCUT2D eigenvalue weighted by Gasteiger charge is 2.47. The maximum atomic E-state index is 13.3. The summed E-state index contributed by atoms with van der Waals surface area (Å²) < 4.78 is 63.9. The molecule has 0 radical (unpaired) electrons. The second kappa shape index (κ2) is 7.55. The Labute approximate surface area is 162 Å². The first-order valence-corrected chi connectivity index (χ1v) is 13.7. The van der Waals surface area contributed by atoms with Crippen molar-refractivity contribution in [2.75, 3.05) is 26.0 Å². The zero-order chi connectivity index (χ0) is 19.2. The van der Waals surface area contributed by atoms with Crippen molar-refractivity contribution in [3.05, 3.63) is 0 Å². The molecule has 0 N–H and O–H groups in total. The van der Waals surface area contributed by atoms with Crippen molar-refractivity contribution in [1.29, 1.82) is 0 Å². The number of nitrogens with zero attached hydrogens (tertiary/aromatic N) is 1. The third-order valence-corrected chi connectivity index (χ3v) is 11.0. The lowest BCUT2D eigenvalue weighted by atomic mass is 9.79. The minimum atomic E-state index is -3.24. The third kappa shape index (κ3) is 3.95. The Morgan fingerprint density at radius 1 is 0.815 bits per heavy atom. The van der Waals surface area contributed by atoms with Gasteiger partial charge in [-0.1, -0.05) is 0 Å². The molecule has 6 unspecified atom stereocenters. The number of fused-ring (bicyclic) bond motifs is 2. The van der Waals surface area contributed by atoms with E-state index in [-0.39, 0.29) is 34.7 Å². The first-order chi connectivity index (χ1) is 12.8. The molecule has 2 saturated carbocycles. The van der Waals surface area contributed by atoms with E-state index in [1.54, 1.807) is 4.31 Å². The molecule has 0 aromatic heterocycles. The number of sulfonamides is 1. The van der Waals surface area contributed by atoms with Crippen molar-refractivity contribution in [2.24, 2.45) is 5.92 Å². The van der Waals surface area contributed by atoms with E-state index < -0.39 is 19.9 Å². The third-order valence-electron chi connectivity index (χ3n) is 7.00. The van der Waals surface area contributed by atoms with Gasteiger partial charge in [0.25, 0.3) is 0 Å². The van der Waals surface area contributed by atoms with Gasteiger partial charge in [-0.25, -0.2) is 16.8 Å². The Morgan fingerprint density at radius 2 is 1.48 bits per heavy atom. The zero-order valence-corrected chi connectivity index (χ0v) is 17.6. The van der Waals surface area contributed by atoms with Crippen LogP contribution in [0, 0.1) is 5.92 Å². The Morgan fingerprint density at radius 3 is 2.22 bits per heavy atom. The highest BCUT2D eigenvalue weighted by atomic mass is 32.2. The predicted octanol–water partition coefficient (Wildman–Crippen LogP) is 1.33. The van der Waals surface area contributed by atoms with Gasteiger partial charge in [-0.15, -0.1) is 0 Å². The van der Waals surface area contributed by atoms with Crippen LogP contribution in [0.15, 0.2) is 0 Å². The lowest BCUT2D eigenvalue weighted by Crippen LogP contribution is -2.53. The number of hydrogen-bond acceptors (Lipinski definition) is 6. The van der Waals surface area contributed by atoms with Crippen LogP contribution in [0.5, 0.6) is 0 Å². The average molecular weight is 422 g/mol. The second-order valence-electron chi connectivity index (χ2n) is 8.62. The smallest absolute Gasteiger partial charge is 0.211 e. The van der Waals surface area contributed by atoms with Crippen LogP contribution >= 0.6 is 0 Å². The maximum absolute atomic E-state index is 13.3. The van der Waals surface area contributed by atoms with Gasteiger partial charge in [-0.2, -0.15) is 4.31 Å². The van der Waals surface area contributed by atoms with Crippen LogP contribution in [0.1, 0.15) is 51.4 Å². The number of piperidine rings is 1. The van der Waals surface area contributed by atoms with E-state index in [2.05, 4.69) is 0 Å². The van der Waals surface area contributed by atoms with Crippen LogP contribution in [0.2, 0.25) is 0 Å². The van der Waals surface area contributed by atoms with Gasteiger partial charge >= 0.3 is 0 Å². The van der Waals surface area contributed by atoms with Crippen molar-refractivity contribution in [3.8, 4) is 0 Å². The van der Waals surface area contributed by atoms with E-state index >= 15 is 0 Å². The first-order valence-electron chi connectivity index (χ1n) is 10.2. The second-order valence-corrected chi connectivity index (χ2v) is 13.1. The average Bonchev–Trinajstić information content (AvgIpc) is 2.66. The fourth-order valence-corrected chi connectivity index (χ4v) is 9.36. The van der Waals surface area contributed by atoms with Crippen molar-refractivity contribution in [3.63, 3.8) is 0 Å². The summed E-state index contributed by atoms with van der Waals surface area (Å²) in [4.78, 5) is 0. The van der Waals surface area contributed by atoms with Crippen molar-refractivity contribution in [2.45, 2.75) is 80.1 Å². The summed E-state index contributed by atoms with van der Waals surface area (Å²) in [5, 5.41) is -0.694. The Balaban J connectivity index is 1.45. The van der Waals surface area contributed by atoms with Crippen LogP contribution in [0.25, 0.3) is 0 Å². The van der Waals surface area contributed by atoms with Gasteiger partial charge in [0.2, 0.25) is 10.0 Å². The van der Waals surface area contributed by atoms with Gasteiger partial charge in [0.15, 0.2) is 9.84 Å². The minimum absolute atomic E-state index is 0.0222. The molecular weight excluding hydrogens is 390 g/mol. The van der Waals surface area contributed by atoms with Crippen LogP contribution in [-0.4, -0.2) is 75.9 Å². The summed E-state index contributed by atoms with van der Waals surface area (Å²) in [6.07, 6.45) is 6.70. The molecule has 0 aromatic carbocycles. The van der Waals surface area contributed by atoms with Crippen LogP contribution in [0.4, 0.5) is 0 Å². The monoisotopic (exact) mass is 421 g/mol. The Hall–Kier alpha value is -0.220. The number of ether oxygens (including phenoxy) is 2. The zero-order valence-electron chi connectivity index (χ0n) is 16.0. The van der Waals surface area contributed by atoms with Gasteiger partial charge in [0.1, 0.15) is 0 Å². The maximum Gasteiger partial charge on any atom is 0.211 e. The molecular formula is C18H31NO6S2. The molecule has 0 aromatic rings. The molecule has 0 bridgehead atoms. The first kappa shape index (κ1) is 20.1. The van der Waals surface area contributed by atoms with Crippen LogP contribution < -0.4 is 0 Å². The summed E-state index contributed by atoms with van der Waals surface area (Å²) in [7, 11) is -6.47. The predicted molar refractivity (Wildman–Crippen MR) is 102 cm³/mol. The summed E-state index contributed by atoms with van der Waals surface area (Å²) in [6.45, 7) is 1.71. The van der Waals surface area contributed by atoms with Gasteiger partial charge in [-0.05, 0) is 57.3 Å². The van der Waals surface area contributed by atoms with Gasteiger partial charge < -0.3 is 9.47 Å². The summed E-state index contributed by atoms with van der Waals surface area (Å²) in [6, 6.07) is -0.0222. The Kier molecular flexibility index (Phi) is 5.61.